The van der Waals surface area contributed by atoms with Crippen LogP contribution < -0.4 is 16.6 Å². The fourth-order valence-corrected chi connectivity index (χ4v) is 1.28. The molecule has 1 rings (SSSR count). The lowest BCUT2D eigenvalue weighted by atomic mass is 10.0. The number of nitrogen functional groups attached to an aromatic ring is 1. The molecule has 0 aliphatic carbocycles. The summed E-state index contributed by atoms with van der Waals surface area (Å²) in [5.74, 6) is 7.60. The van der Waals surface area contributed by atoms with E-state index in [4.69, 9.17) is 5.84 Å². The van der Waals surface area contributed by atoms with E-state index >= 15 is 0 Å². The van der Waals surface area contributed by atoms with Gasteiger partial charge in [0.15, 0.2) is 0 Å². The lowest BCUT2D eigenvalue weighted by molar-refractivity contribution is 0.210. The van der Waals surface area contributed by atoms with Gasteiger partial charge in [-0.25, -0.2) is 15.8 Å². The second kappa shape index (κ2) is 5.97. The maximum atomic E-state index is 5.40. The van der Waals surface area contributed by atoms with Gasteiger partial charge >= 0.3 is 0 Å². The number of hydrogen-bond donors (Lipinski definition) is 3. The summed E-state index contributed by atoms with van der Waals surface area (Å²) in [6.45, 7) is 7.15. The molecule has 0 spiro atoms. The molecule has 0 saturated carbocycles. The summed E-state index contributed by atoms with van der Waals surface area (Å²) >= 11 is 0. The van der Waals surface area contributed by atoms with Crippen LogP contribution in [-0.2, 0) is 6.42 Å². The molecule has 0 aliphatic rings. The summed E-state index contributed by atoms with van der Waals surface area (Å²) in [7, 11) is 4.12. The monoisotopic (exact) mass is 252 g/mol. The van der Waals surface area contributed by atoms with E-state index in [2.05, 4.69) is 53.6 Å². The van der Waals surface area contributed by atoms with Crippen LogP contribution in [0, 0.1) is 0 Å². The van der Waals surface area contributed by atoms with E-state index in [1.54, 1.807) is 0 Å². The zero-order valence-electron chi connectivity index (χ0n) is 11.9. The average Bonchev–Trinajstić information content (AvgIpc) is 2.35. The van der Waals surface area contributed by atoms with Crippen molar-refractivity contribution in [1.29, 1.82) is 0 Å². The summed E-state index contributed by atoms with van der Waals surface area (Å²) < 4.78 is 0. The van der Waals surface area contributed by atoms with Crippen LogP contribution in [0.4, 0.5) is 11.6 Å². The number of hydrogen-bond acceptors (Lipinski definition) is 6. The minimum Gasteiger partial charge on any atom is -0.368 e. The number of likely N-dealkylation sites (N-methyl/N-ethyl adjacent to an activating group) is 1. The number of aryl methyl sites for hydroxylation is 1. The lowest BCUT2D eigenvalue weighted by Crippen LogP contribution is -2.44. The highest BCUT2D eigenvalue weighted by Crippen LogP contribution is 2.14. The Kier molecular flexibility index (Phi) is 4.86. The van der Waals surface area contributed by atoms with Crippen LogP contribution in [0.1, 0.15) is 26.6 Å². The lowest BCUT2D eigenvalue weighted by Gasteiger charge is -2.32. The molecule has 102 valence electrons. The minimum absolute atomic E-state index is 0.0492. The fraction of sp³-hybridized carbons (Fsp3) is 0.667. The molecule has 1 heterocycles. The summed E-state index contributed by atoms with van der Waals surface area (Å²) in [6.07, 6.45) is 0.779. The van der Waals surface area contributed by atoms with Crippen molar-refractivity contribution < 1.29 is 0 Å². The second-order valence-electron chi connectivity index (χ2n) is 5.11. The van der Waals surface area contributed by atoms with E-state index in [-0.39, 0.29) is 5.54 Å². The van der Waals surface area contributed by atoms with E-state index in [0.29, 0.717) is 5.82 Å². The third-order valence-corrected chi connectivity index (χ3v) is 3.15. The van der Waals surface area contributed by atoms with Gasteiger partial charge in [0.2, 0.25) is 0 Å². The summed E-state index contributed by atoms with van der Waals surface area (Å²) in [4.78, 5) is 10.8. The highest BCUT2D eigenvalue weighted by atomic mass is 15.3. The van der Waals surface area contributed by atoms with Gasteiger partial charge in [-0.1, -0.05) is 6.92 Å². The van der Waals surface area contributed by atoms with Crippen LogP contribution in [0.25, 0.3) is 0 Å². The average molecular weight is 252 g/mol. The van der Waals surface area contributed by atoms with Crippen molar-refractivity contribution in [1.82, 2.24) is 14.9 Å². The van der Waals surface area contributed by atoms with Gasteiger partial charge in [0.1, 0.15) is 17.5 Å². The summed E-state index contributed by atoms with van der Waals surface area (Å²) in [5, 5.41) is 3.33. The Morgan fingerprint density at radius 2 is 1.89 bits per heavy atom. The van der Waals surface area contributed by atoms with Crippen LogP contribution in [0.5, 0.6) is 0 Å². The van der Waals surface area contributed by atoms with Crippen LogP contribution in [0.15, 0.2) is 6.07 Å². The molecule has 1 aromatic rings. The fourth-order valence-electron chi connectivity index (χ4n) is 1.28. The van der Waals surface area contributed by atoms with Crippen LogP contribution in [-0.4, -0.2) is 41.0 Å². The van der Waals surface area contributed by atoms with Crippen molar-refractivity contribution in [3.8, 4) is 0 Å². The van der Waals surface area contributed by atoms with Crippen molar-refractivity contribution >= 4 is 11.6 Å². The van der Waals surface area contributed by atoms with E-state index in [9.17, 15) is 0 Å². The largest absolute Gasteiger partial charge is 0.368 e. The normalized spacial score (nSPS) is 11.7. The van der Waals surface area contributed by atoms with Crippen molar-refractivity contribution in [2.24, 2.45) is 5.84 Å². The Balaban J connectivity index is 2.78. The molecular formula is C12H24N6. The quantitative estimate of drug-likeness (QED) is 0.519. The van der Waals surface area contributed by atoms with Gasteiger partial charge in [0.05, 0.1) is 0 Å². The molecule has 4 N–H and O–H groups in total. The van der Waals surface area contributed by atoms with Gasteiger partial charge in [0, 0.05) is 24.6 Å². The first-order valence-corrected chi connectivity index (χ1v) is 6.15. The molecule has 0 bridgehead atoms. The first kappa shape index (κ1) is 14.7. The zero-order valence-corrected chi connectivity index (χ0v) is 11.9. The van der Waals surface area contributed by atoms with Gasteiger partial charge in [-0.3, -0.25) is 0 Å². The third-order valence-electron chi connectivity index (χ3n) is 3.15. The summed E-state index contributed by atoms with van der Waals surface area (Å²) in [5.41, 5.74) is 2.61. The molecule has 1 aromatic heterocycles. The van der Waals surface area contributed by atoms with Gasteiger partial charge in [0.25, 0.3) is 0 Å². The Hall–Kier alpha value is -1.40. The SMILES string of the molecule is CCc1nc(NN)cc(NCC(C)(C)N(C)C)n1. The molecule has 0 unspecified atom stereocenters. The highest BCUT2D eigenvalue weighted by molar-refractivity contribution is 5.47. The number of nitrogens with two attached hydrogens (primary N) is 1. The number of rotatable bonds is 6. The standard InChI is InChI=1S/C12H24N6/c1-6-9-15-10(7-11(16-9)17-13)14-8-12(2,3)18(4)5/h7H,6,8,13H2,1-5H3,(H2,14,15,16,17). The van der Waals surface area contributed by atoms with Crippen molar-refractivity contribution in [3.05, 3.63) is 11.9 Å². The molecule has 0 radical (unpaired) electrons. The molecule has 6 nitrogen and oxygen atoms in total. The van der Waals surface area contributed by atoms with E-state index in [0.717, 1.165) is 24.6 Å². The molecule has 18 heavy (non-hydrogen) atoms. The van der Waals surface area contributed by atoms with Crippen LogP contribution in [0.2, 0.25) is 0 Å². The number of hydrazine groups is 1. The van der Waals surface area contributed by atoms with Crippen molar-refractivity contribution in [2.45, 2.75) is 32.7 Å². The van der Waals surface area contributed by atoms with Gasteiger partial charge < -0.3 is 15.6 Å². The molecule has 0 saturated heterocycles. The van der Waals surface area contributed by atoms with Gasteiger partial charge in [-0.2, -0.15) is 0 Å². The first-order chi connectivity index (χ1) is 8.39. The predicted molar refractivity (Wildman–Crippen MR) is 75.5 cm³/mol. The number of nitrogens with zero attached hydrogens (tertiary/aromatic N) is 3. The Labute approximate surface area is 109 Å². The first-order valence-electron chi connectivity index (χ1n) is 6.15. The van der Waals surface area contributed by atoms with Gasteiger partial charge in [-0.15, -0.1) is 0 Å². The molecule has 0 aromatic carbocycles. The van der Waals surface area contributed by atoms with Crippen LogP contribution >= 0.6 is 0 Å². The van der Waals surface area contributed by atoms with Gasteiger partial charge in [-0.05, 0) is 27.9 Å². The Morgan fingerprint density at radius 3 is 2.39 bits per heavy atom. The molecule has 0 aliphatic heterocycles. The number of nitrogens with one attached hydrogen (secondary N) is 2. The molecule has 0 amide bonds. The number of anilines is 2. The van der Waals surface area contributed by atoms with Crippen molar-refractivity contribution in [3.63, 3.8) is 0 Å². The molecular weight excluding hydrogens is 228 g/mol. The molecule has 6 heteroatoms. The maximum absolute atomic E-state index is 5.40. The number of aromatic nitrogens is 2. The summed E-state index contributed by atoms with van der Waals surface area (Å²) in [6, 6.07) is 1.81. The zero-order chi connectivity index (χ0) is 13.8. The van der Waals surface area contributed by atoms with Crippen molar-refractivity contribution in [2.75, 3.05) is 31.4 Å². The smallest absolute Gasteiger partial charge is 0.145 e. The molecule has 0 fully saturated rings. The topological polar surface area (TPSA) is 79.1 Å². The van der Waals surface area contributed by atoms with E-state index < -0.39 is 0 Å². The molecule has 0 atom stereocenters. The van der Waals surface area contributed by atoms with Crippen LogP contribution in [0.3, 0.4) is 0 Å². The Morgan fingerprint density at radius 1 is 1.28 bits per heavy atom. The minimum atomic E-state index is 0.0492. The highest BCUT2D eigenvalue weighted by Gasteiger charge is 2.20. The Bertz CT molecular complexity index is 366. The predicted octanol–water partition coefficient (Wildman–Crippen LogP) is 1.08. The van der Waals surface area contributed by atoms with E-state index in [1.807, 2.05) is 13.0 Å². The third kappa shape index (κ3) is 3.82. The van der Waals surface area contributed by atoms with E-state index in [1.165, 1.54) is 0 Å². The maximum Gasteiger partial charge on any atom is 0.145 e. The second-order valence-corrected chi connectivity index (χ2v) is 5.11.